The number of amides is 5. The summed E-state index contributed by atoms with van der Waals surface area (Å²) < 4.78 is 21.1. The lowest BCUT2D eigenvalue weighted by Gasteiger charge is -2.38. The number of rotatable bonds is 20. The monoisotopic (exact) mass is 1150 g/mol. The van der Waals surface area contributed by atoms with E-state index < -0.39 is 52.4 Å². The summed E-state index contributed by atoms with van der Waals surface area (Å²) in [5.41, 5.74) is 5.86. The van der Waals surface area contributed by atoms with Crippen molar-refractivity contribution in [1.82, 2.24) is 40.4 Å². The topological polar surface area (TPSA) is 212 Å². The minimum atomic E-state index is -1.98. The fraction of sp³-hybridized carbons (Fsp3) is 0.435. The predicted molar refractivity (Wildman–Crippen MR) is 314 cm³/mol. The zero-order valence-corrected chi connectivity index (χ0v) is 48.3. The Bertz CT molecular complexity index is 3330. The van der Waals surface area contributed by atoms with Crippen LogP contribution in [0.1, 0.15) is 103 Å². The van der Waals surface area contributed by atoms with Gasteiger partial charge in [-0.15, -0.1) is 11.3 Å². The third kappa shape index (κ3) is 13.1. The Balaban J connectivity index is 0.679. The van der Waals surface area contributed by atoms with Crippen molar-refractivity contribution in [2.45, 2.75) is 129 Å². The average Bonchev–Trinajstić information content (AvgIpc) is 3.98. The molecule has 1 saturated carbocycles. The SMILES string of the molecule is Cc1ncsc1-c1ccc(CNC(=O)C2CC(O)CN2C(=O)C(NC(=O)C2(F)CC2)C(C)(C)C)c(OCCCCCCC(=O)N2CCC3(CC2)CCN(c2cncc(Nc4ncc(Cl)c(-c5cccc(-c6ccccc6)c5)n4)c2)C3=O)c1. The molecule has 82 heavy (non-hydrogen) atoms. The van der Waals surface area contributed by atoms with Gasteiger partial charge in [0.2, 0.25) is 29.6 Å². The van der Waals surface area contributed by atoms with Crippen molar-refractivity contribution in [2.75, 3.05) is 43.0 Å². The van der Waals surface area contributed by atoms with Crippen molar-refractivity contribution >= 4 is 69.8 Å². The Morgan fingerprint density at radius 3 is 2.35 bits per heavy atom. The van der Waals surface area contributed by atoms with Gasteiger partial charge in [0.25, 0.3) is 5.91 Å². The number of aromatic nitrogens is 4. The second-order valence-corrected chi connectivity index (χ2v) is 24.5. The number of carbonyl (C=O) groups is 5. The Morgan fingerprint density at radius 2 is 1.61 bits per heavy atom. The van der Waals surface area contributed by atoms with Crippen molar-refractivity contribution in [1.29, 1.82) is 0 Å². The van der Waals surface area contributed by atoms with Crippen LogP contribution >= 0.6 is 22.9 Å². The van der Waals surface area contributed by atoms with Gasteiger partial charge in [-0.1, -0.05) is 106 Å². The molecule has 6 aromatic rings. The van der Waals surface area contributed by atoms with Crippen molar-refractivity contribution in [3.8, 4) is 38.6 Å². The highest BCUT2D eigenvalue weighted by Crippen LogP contribution is 2.44. The number of nitrogens with zero attached hydrogens (tertiary/aromatic N) is 7. The number of ether oxygens (including phenoxy) is 1. The largest absolute Gasteiger partial charge is 0.493 e. The first-order chi connectivity index (χ1) is 39.4. The molecule has 6 heterocycles. The first-order valence-electron chi connectivity index (χ1n) is 28.3. The summed E-state index contributed by atoms with van der Waals surface area (Å²) in [5.74, 6) is -0.774. The molecular weight excluding hydrogens is 1080 g/mol. The first kappa shape index (κ1) is 57.9. The second-order valence-electron chi connectivity index (χ2n) is 23.2. The summed E-state index contributed by atoms with van der Waals surface area (Å²) in [6, 6.07) is 23.7. The number of thiazole rings is 1. The van der Waals surface area contributed by atoms with Crippen LogP contribution in [0.3, 0.4) is 0 Å². The van der Waals surface area contributed by atoms with Crippen molar-refractivity contribution in [2.24, 2.45) is 10.8 Å². The highest BCUT2D eigenvalue weighted by atomic mass is 35.5. The number of carbonyl (C=O) groups excluding carboxylic acids is 5. The molecule has 3 aromatic carbocycles. The lowest BCUT2D eigenvalue weighted by molar-refractivity contribution is -0.145. The molecule has 3 aliphatic heterocycles. The van der Waals surface area contributed by atoms with Crippen LogP contribution in [0.25, 0.3) is 32.8 Å². The van der Waals surface area contributed by atoms with Gasteiger partial charge in [0, 0.05) is 56.7 Å². The number of piperidine rings is 1. The van der Waals surface area contributed by atoms with Gasteiger partial charge < -0.3 is 40.5 Å². The third-order valence-electron chi connectivity index (χ3n) is 16.3. The molecule has 3 unspecified atom stereocenters. The van der Waals surface area contributed by atoms with Crippen LogP contribution in [-0.2, 0) is 30.5 Å². The minimum absolute atomic E-state index is 0.0136. The lowest BCUT2D eigenvalue weighted by Crippen LogP contribution is -2.59. The summed E-state index contributed by atoms with van der Waals surface area (Å²) in [6.07, 6.45) is 9.62. The molecule has 3 atom stereocenters. The Labute approximate surface area is 486 Å². The highest BCUT2D eigenvalue weighted by Gasteiger charge is 2.54. The first-order valence-corrected chi connectivity index (χ1v) is 29.6. The van der Waals surface area contributed by atoms with Crippen molar-refractivity contribution in [3.05, 3.63) is 119 Å². The smallest absolute Gasteiger partial charge is 0.258 e. The number of anilines is 3. The van der Waals surface area contributed by atoms with Crippen LogP contribution in [0, 0.1) is 17.8 Å². The van der Waals surface area contributed by atoms with E-state index in [1.54, 1.807) is 49.8 Å². The van der Waals surface area contributed by atoms with Gasteiger partial charge in [0.05, 0.1) is 74.9 Å². The Morgan fingerprint density at radius 1 is 0.866 bits per heavy atom. The molecule has 20 heteroatoms. The van der Waals surface area contributed by atoms with Crippen molar-refractivity contribution in [3.63, 3.8) is 0 Å². The molecule has 5 amide bonds. The number of alkyl halides is 1. The molecule has 1 spiro atoms. The fourth-order valence-corrected chi connectivity index (χ4v) is 12.2. The van der Waals surface area contributed by atoms with E-state index in [-0.39, 0.29) is 44.2 Å². The number of aliphatic hydroxyl groups excluding tert-OH is 1. The maximum atomic E-state index is 14.7. The van der Waals surface area contributed by atoms with E-state index >= 15 is 0 Å². The number of aryl methyl sites for hydroxylation is 1. The van der Waals surface area contributed by atoms with E-state index in [2.05, 4.69) is 43.0 Å². The fourth-order valence-electron chi connectivity index (χ4n) is 11.2. The van der Waals surface area contributed by atoms with E-state index in [0.717, 1.165) is 64.1 Å². The number of aliphatic hydroxyl groups is 1. The van der Waals surface area contributed by atoms with Gasteiger partial charge in [-0.25, -0.2) is 19.3 Å². The number of hydrogen-bond acceptors (Lipinski definition) is 13. The van der Waals surface area contributed by atoms with Crippen LogP contribution in [0.4, 0.5) is 21.7 Å². The summed E-state index contributed by atoms with van der Waals surface area (Å²) in [4.78, 5) is 92.4. The number of benzene rings is 3. The molecule has 4 aliphatic rings. The zero-order valence-electron chi connectivity index (χ0n) is 46.8. The Kier molecular flexibility index (Phi) is 17.4. The second kappa shape index (κ2) is 24.6. The van der Waals surface area contributed by atoms with Crippen LogP contribution in [-0.4, -0.2) is 121 Å². The minimum Gasteiger partial charge on any atom is -0.493 e. The lowest BCUT2D eigenvalue weighted by atomic mass is 9.77. The van der Waals surface area contributed by atoms with E-state index in [1.165, 1.54) is 16.2 Å². The maximum absolute atomic E-state index is 14.7. The number of unbranched alkanes of at least 4 members (excludes halogenated alkanes) is 3. The summed E-state index contributed by atoms with van der Waals surface area (Å²) in [5, 5.41) is 19.9. The van der Waals surface area contributed by atoms with Gasteiger partial charge >= 0.3 is 0 Å². The molecule has 0 radical (unpaired) electrons. The number of nitrogens with one attached hydrogen (secondary N) is 3. The summed E-state index contributed by atoms with van der Waals surface area (Å²) in [6.45, 7) is 9.22. The summed E-state index contributed by atoms with van der Waals surface area (Å²) in [7, 11) is 0. The van der Waals surface area contributed by atoms with Crippen LogP contribution < -0.4 is 25.6 Å². The maximum Gasteiger partial charge on any atom is 0.258 e. The zero-order chi connectivity index (χ0) is 57.8. The normalized spacial score (nSPS) is 18.6. The van der Waals surface area contributed by atoms with Crippen LogP contribution in [0.2, 0.25) is 5.02 Å². The van der Waals surface area contributed by atoms with Gasteiger partial charge in [-0.3, -0.25) is 29.0 Å². The molecule has 4 fully saturated rings. The number of pyridine rings is 1. The number of halogens is 2. The standard InChI is InChI=1S/C62H70ClFN10O7S/c1-39-53(82-38-68-39)43-18-19-44(33-66-55(77)49-32-47(75)37-74(49)56(78)54(60(2,3)4)71-57(79)62(64)20-21-62)50(30-43)81-28-11-6-5-10-17-51(76)72-25-22-61(23-26-72)24-27-73(58(61)80)46-31-45(34-65-35-46)69-59-67-36-48(63)52(70-59)42-16-12-15-41(29-42)40-13-8-7-9-14-40/h7-9,12-16,18-19,29-31,34-36,38,47,49,54,75H,5-6,10-11,17,20-28,32-33,37H2,1-4H3,(H,66,77)(H,71,79)(H,67,69,70). The van der Waals surface area contributed by atoms with E-state index in [4.69, 9.17) is 21.3 Å². The third-order valence-corrected chi connectivity index (χ3v) is 17.5. The van der Waals surface area contributed by atoms with Gasteiger partial charge in [-0.05, 0) is 92.2 Å². The predicted octanol–water partition coefficient (Wildman–Crippen LogP) is 10.0. The molecule has 1 aliphatic carbocycles. The molecule has 10 rings (SSSR count). The van der Waals surface area contributed by atoms with Crippen LogP contribution in [0.15, 0.2) is 103 Å². The van der Waals surface area contributed by atoms with E-state index in [1.807, 2.05) is 78.6 Å². The quantitative estimate of drug-likeness (QED) is 0.0526. The average molecular weight is 1150 g/mol. The number of likely N-dealkylation sites (tertiary alicyclic amines) is 2. The van der Waals surface area contributed by atoms with E-state index in [9.17, 15) is 33.5 Å². The van der Waals surface area contributed by atoms with Gasteiger partial charge in [0.1, 0.15) is 17.8 Å². The molecule has 3 aromatic heterocycles. The molecular formula is C62H70ClFN10O7S. The summed E-state index contributed by atoms with van der Waals surface area (Å²) >= 11 is 8.15. The number of hydrogen-bond donors (Lipinski definition) is 4. The van der Waals surface area contributed by atoms with Gasteiger partial charge in [-0.2, -0.15) is 0 Å². The highest BCUT2D eigenvalue weighted by molar-refractivity contribution is 7.13. The molecule has 17 nitrogen and oxygen atoms in total. The Hall–Kier alpha value is -7.35. The molecule has 4 N–H and O–H groups in total. The van der Waals surface area contributed by atoms with E-state index in [0.29, 0.717) is 85.7 Å². The van der Waals surface area contributed by atoms with Crippen molar-refractivity contribution < 1.29 is 38.2 Å². The van der Waals surface area contributed by atoms with Crippen LogP contribution in [0.5, 0.6) is 5.75 Å². The molecule has 3 saturated heterocycles. The molecule has 0 bridgehead atoms. The number of β-amino-alcohol motifs (C(OH)–C–C–N with tert-alkyl or cyclic N) is 1. The molecule has 430 valence electrons. The van der Waals surface area contributed by atoms with Gasteiger partial charge in [0.15, 0.2) is 5.67 Å².